The summed E-state index contributed by atoms with van der Waals surface area (Å²) < 4.78 is 0. The Morgan fingerprint density at radius 3 is 2.96 bits per heavy atom. The minimum atomic E-state index is -1.06. The maximum absolute atomic E-state index is 12.2. The number of nitrogens with one attached hydrogen (secondary N) is 2. The van der Waals surface area contributed by atoms with Gasteiger partial charge < -0.3 is 15.4 Å². The Bertz CT molecular complexity index is 958. The summed E-state index contributed by atoms with van der Waals surface area (Å²) in [5.41, 5.74) is 1.38. The highest BCUT2D eigenvalue weighted by molar-refractivity contribution is 7.17. The smallest absolute Gasteiger partial charge is 0.339 e. The third-order valence-electron chi connectivity index (χ3n) is 4.23. The van der Waals surface area contributed by atoms with Gasteiger partial charge >= 0.3 is 5.97 Å². The lowest BCUT2D eigenvalue weighted by atomic mass is 10.3. The molecule has 0 unspecified atom stereocenters. The molecule has 3 N–H and O–H groups in total. The number of amides is 1. The second-order valence-corrected chi connectivity index (χ2v) is 7.20. The van der Waals surface area contributed by atoms with Crippen molar-refractivity contribution in [2.24, 2.45) is 5.92 Å². The summed E-state index contributed by atoms with van der Waals surface area (Å²) >= 11 is 1.32. The predicted molar refractivity (Wildman–Crippen MR) is 93.8 cm³/mol. The molecular weight excluding hydrogens is 340 g/mol. The highest BCUT2D eigenvalue weighted by Gasteiger charge is 2.21. The molecule has 7 nitrogen and oxygen atoms in total. The van der Waals surface area contributed by atoms with E-state index in [1.165, 1.54) is 30.4 Å². The van der Waals surface area contributed by atoms with Gasteiger partial charge in [-0.3, -0.25) is 4.79 Å². The zero-order valence-corrected chi connectivity index (χ0v) is 14.1. The number of hydrogen-bond donors (Lipinski definition) is 3. The number of thiophene rings is 1. The number of carboxylic acid groups (broad SMARTS) is 1. The van der Waals surface area contributed by atoms with E-state index in [-0.39, 0.29) is 11.5 Å². The quantitative estimate of drug-likeness (QED) is 0.629. The molecule has 0 spiro atoms. The van der Waals surface area contributed by atoms with Gasteiger partial charge in [-0.1, -0.05) is 12.8 Å². The molecule has 3 heterocycles. The molecule has 1 aliphatic carbocycles. The van der Waals surface area contributed by atoms with E-state index in [9.17, 15) is 14.7 Å². The summed E-state index contributed by atoms with van der Waals surface area (Å²) in [7, 11) is 0. The van der Waals surface area contributed by atoms with Crippen LogP contribution in [0.25, 0.3) is 21.7 Å². The van der Waals surface area contributed by atoms with Gasteiger partial charge in [0.25, 0.3) is 5.91 Å². The molecule has 0 atom stereocenters. The summed E-state index contributed by atoms with van der Waals surface area (Å²) in [6.07, 6.45) is 6.54. The van der Waals surface area contributed by atoms with E-state index in [0.717, 1.165) is 17.2 Å². The fourth-order valence-corrected chi connectivity index (χ4v) is 3.53. The largest absolute Gasteiger partial charge is 0.478 e. The first kappa shape index (κ1) is 15.8. The number of hydrogen-bond acceptors (Lipinski definition) is 5. The third-order valence-corrected chi connectivity index (χ3v) is 5.34. The van der Waals surface area contributed by atoms with Crippen molar-refractivity contribution in [1.29, 1.82) is 0 Å². The van der Waals surface area contributed by atoms with Crippen LogP contribution >= 0.6 is 11.3 Å². The highest BCUT2D eigenvalue weighted by Crippen LogP contribution is 2.32. The first-order valence-corrected chi connectivity index (χ1v) is 8.89. The van der Waals surface area contributed by atoms with E-state index < -0.39 is 5.97 Å². The number of aromatic carboxylic acids is 1. The van der Waals surface area contributed by atoms with Crippen LogP contribution < -0.4 is 5.32 Å². The van der Waals surface area contributed by atoms with E-state index in [1.807, 2.05) is 6.07 Å². The van der Waals surface area contributed by atoms with Crippen LogP contribution in [0, 0.1) is 5.92 Å². The van der Waals surface area contributed by atoms with Gasteiger partial charge in [0.2, 0.25) is 0 Å². The molecule has 3 aromatic heterocycles. The standard InChI is InChI=1S/C17H16N4O3S/c22-16(18-6-5-9-1-2-9)13-4-3-12(25-13)11-8-20-15-14(21-11)10(7-19-15)17(23)24/h3-4,7-9H,1-2,5-6H2,(H,18,22)(H,19,20)(H,23,24). The van der Waals surface area contributed by atoms with Crippen LogP contribution in [0.2, 0.25) is 0 Å². The van der Waals surface area contributed by atoms with Gasteiger partial charge in [-0.25, -0.2) is 14.8 Å². The van der Waals surface area contributed by atoms with Gasteiger partial charge in [0.1, 0.15) is 11.1 Å². The monoisotopic (exact) mass is 356 g/mol. The minimum Gasteiger partial charge on any atom is -0.478 e. The minimum absolute atomic E-state index is 0.0824. The number of aromatic amines is 1. The van der Waals surface area contributed by atoms with Crippen LogP contribution in [-0.2, 0) is 0 Å². The number of rotatable bonds is 6. The van der Waals surface area contributed by atoms with E-state index in [0.29, 0.717) is 28.3 Å². The maximum atomic E-state index is 12.2. The van der Waals surface area contributed by atoms with Crippen LogP contribution in [0.5, 0.6) is 0 Å². The Hall–Kier alpha value is -2.74. The first-order chi connectivity index (χ1) is 12.1. The Balaban J connectivity index is 1.54. The molecule has 4 rings (SSSR count). The summed E-state index contributed by atoms with van der Waals surface area (Å²) in [4.78, 5) is 36.2. The number of fused-ring (bicyclic) bond motifs is 1. The number of aromatic nitrogens is 3. The van der Waals surface area contributed by atoms with Crippen molar-refractivity contribution in [2.75, 3.05) is 6.54 Å². The topological polar surface area (TPSA) is 108 Å². The van der Waals surface area contributed by atoms with Gasteiger partial charge in [-0.15, -0.1) is 11.3 Å². The second-order valence-electron chi connectivity index (χ2n) is 6.11. The van der Waals surface area contributed by atoms with Crippen molar-refractivity contribution in [2.45, 2.75) is 19.3 Å². The Morgan fingerprint density at radius 1 is 1.36 bits per heavy atom. The summed E-state index contributed by atoms with van der Waals surface area (Å²) in [6.45, 7) is 0.702. The van der Waals surface area contributed by atoms with Crippen LogP contribution in [0.3, 0.4) is 0 Å². The lowest BCUT2D eigenvalue weighted by Gasteiger charge is -2.02. The maximum Gasteiger partial charge on any atom is 0.339 e. The van der Waals surface area contributed by atoms with Crippen LogP contribution in [-0.4, -0.2) is 38.5 Å². The molecule has 1 aliphatic rings. The molecule has 1 amide bonds. The van der Waals surface area contributed by atoms with Gasteiger partial charge in [0, 0.05) is 12.7 Å². The molecule has 1 saturated carbocycles. The Morgan fingerprint density at radius 2 is 2.20 bits per heavy atom. The fourth-order valence-electron chi connectivity index (χ4n) is 2.65. The molecule has 0 bridgehead atoms. The van der Waals surface area contributed by atoms with Crippen molar-refractivity contribution in [1.82, 2.24) is 20.3 Å². The van der Waals surface area contributed by atoms with Crippen molar-refractivity contribution in [3.63, 3.8) is 0 Å². The van der Waals surface area contributed by atoms with Crippen molar-refractivity contribution in [3.05, 3.63) is 35.0 Å². The van der Waals surface area contributed by atoms with Crippen LogP contribution in [0.15, 0.2) is 24.5 Å². The number of carboxylic acids is 1. The Labute approximate surface area is 147 Å². The molecule has 1 fully saturated rings. The van der Waals surface area contributed by atoms with E-state index >= 15 is 0 Å². The fraction of sp³-hybridized carbons (Fsp3) is 0.294. The van der Waals surface area contributed by atoms with Crippen LogP contribution in [0.4, 0.5) is 0 Å². The molecule has 3 aromatic rings. The highest BCUT2D eigenvalue weighted by atomic mass is 32.1. The molecule has 0 radical (unpaired) electrons. The molecule has 8 heteroatoms. The first-order valence-electron chi connectivity index (χ1n) is 8.07. The van der Waals surface area contributed by atoms with Gasteiger partial charge in [-0.2, -0.15) is 0 Å². The number of nitrogens with zero attached hydrogens (tertiary/aromatic N) is 2. The molecule has 0 aromatic carbocycles. The van der Waals surface area contributed by atoms with Gasteiger partial charge in [-0.05, 0) is 24.5 Å². The van der Waals surface area contributed by atoms with Gasteiger partial charge in [0.05, 0.1) is 21.6 Å². The number of H-pyrrole nitrogens is 1. The normalized spacial score (nSPS) is 13.9. The zero-order chi connectivity index (χ0) is 17.4. The second kappa shape index (κ2) is 6.29. The summed E-state index contributed by atoms with van der Waals surface area (Å²) in [6, 6.07) is 3.57. The summed E-state index contributed by atoms with van der Waals surface area (Å²) in [5, 5.41) is 12.1. The average Bonchev–Trinajstić information content (AvgIpc) is 3.12. The lowest BCUT2D eigenvalue weighted by molar-refractivity contribution is 0.0698. The van der Waals surface area contributed by atoms with E-state index in [2.05, 4.69) is 20.3 Å². The molecule has 0 saturated heterocycles. The average molecular weight is 356 g/mol. The number of carbonyl (C=O) groups is 2. The third kappa shape index (κ3) is 3.25. The van der Waals surface area contributed by atoms with Crippen molar-refractivity contribution < 1.29 is 14.7 Å². The predicted octanol–water partition coefficient (Wildman–Crippen LogP) is 2.91. The van der Waals surface area contributed by atoms with Crippen molar-refractivity contribution in [3.8, 4) is 10.6 Å². The Kier molecular flexibility index (Phi) is 3.96. The zero-order valence-electron chi connectivity index (χ0n) is 13.3. The van der Waals surface area contributed by atoms with Gasteiger partial charge in [0.15, 0.2) is 5.65 Å². The molecule has 128 valence electrons. The van der Waals surface area contributed by atoms with Crippen LogP contribution in [0.1, 0.15) is 39.3 Å². The lowest BCUT2D eigenvalue weighted by Crippen LogP contribution is -2.23. The SMILES string of the molecule is O=C(NCCC1CC1)c1ccc(-c2cnc3[nH]cc(C(=O)O)c3n2)s1. The number of carbonyl (C=O) groups excluding carboxylic acids is 1. The van der Waals surface area contributed by atoms with Crippen molar-refractivity contribution >= 4 is 34.4 Å². The molecule has 0 aliphatic heterocycles. The van der Waals surface area contributed by atoms with E-state index in [4.69, 9.17) is 0 Å². The molecular formula is C17H16N4O3S. The molecule has 25 heavy (non-hydrogen) atoms. The van der Waals surface area contributed by atoms with E-state index in [1.54, 1.807) is 12.3 Å². The summed E-state index contributed by atoms with van der Waals surface area (Å²) in [5.74, 6) is -0.357.